The Labute approximate surface area is 153 Å². The normalized spacial score (nSPS) is 20.0. The Bertz CT molecular complexity index is 808. The second-order valence-electron chi connectivity index (χ2n) is 6.81. The minimum absolute atomic E-state index is 0.0592. The molecule has 7 heteroatoms. The Hall–Kier alpha value is -2.69. The molecule has 1 amide bonds. The molecule has 0 aliphatic carbocycles. The fraction of sp³-hybridized carbons (Fsp3) is 0.421. The highest BCUT2D eigenvalue weighted by atomic mass is 16.1. The molecule has 1 aliphatic heterocycles. The van der Waals surface area contributed by atoms with E-state index in [1.54, 1.807) is 24.3 Å². The van der Waals surface area contributed by atoms with Crippen LogP contribution < -0.4 is 10.6 Å². The van der Waals surface area contributed by atoms with Crippen molar-refractivity contribution in [2.45, 2.75) is 18.4 Å². The summed E-state index contributed by atoms with van der Waals surface area (Å²) < 4.78 is 2.06. The van der Waals surface area contributed by atoms with E-state index in [-0.39, 0.29) is 5.91 Å². The van der Waals surface area contributed by atoms with E-state index >= 15 is 0 Å². The predicted octanol–water partition coefficient (Wildman–Crippen LogP) is 1.31. The van der Waals surface area contributed by atoms with E-state index in [1.165, 1.54) is 5.69 Å². The van der Waals surface area contributed by atoms with Crippen molar-refractivity contribution in [2.75, 3.05) is 32.0 Å². The van der Waals surface area contributed by atoms with Crippen LogP contribution >= 0.6 is 0 Å². The molecule has 0 radical (unpaired) electrons. The van der Waals surface area contributed by atoms with Gasteiger partial charge in [-0.3, -0.25) is 4.79 Å². The molecule has 1 fully saturated rings. The fourth-order valence-electron chi connectivity index (χ4n) is 3.49. The van der Waals surface area contributed by atoms with Gasteiger partial charge in [-0.2, -0.15) is 5.26 Å². The van der Waals surface area contributed by atoms with Crippen molar-refractivity contribution in [1.82, 2.24) is 19.8 Å². The van der Waals surface area contributed by atoms with Crippen LogP contribution in [0.15, 0.2) is 36.8 Å². The summed E-state index contributed by atoms with van der Waals surface area (Å²) >= 11 is 0. The number of aryl methyl sites for hydroxylation is 1. The Morgan fingerprint density at radius 3 is 2.96 bits per heavy atom. The van der Waals surface area contributed by atoms with E-state index in [4.69, 9.17) is 5.26 Å². The van der Waals surface area contributed by atoms with E-state index in [1.807, 2.05) is 19.6 Å². The molecule has 1 aliphatic rings. The summed E-state index contributed by atoms with van der Waals surface area (Å²) in [6.07, 6.45) is 4.13. The van der Waals surface area contributed by atoms with Crippen molar-refractivity contribution in [1.29, 1.82) is 5.26 Å². The number of benzene rings is 1. The molecular formula is C19H24N6O. The number of aromatic nitrogens is 2. The van der Waals surface area contributed by atoms with Gasteiger partial charge in [0.15, 0.2) is 0 Å². The second-order valence-corrected chi connectivity index (χ2v) is 6.81. The quantitative estimate of drug-likeness (QED) is 0.819. The zero-order valence-electron chi connectivity index (χ0n) is 15.1. The number of amides is 1. The topological polar surface area (TPSA) is 86.0 Å². The number of anilines is 1. The van der Waals surface area contributed by atoms with Gasteiger partial charge in [-0.05, 0) is 25.2 Å². The minimum Gasteiger partial charge on any atom is -0.337 e. The zero-order valence-corrected chi connectivity index (χ0v) is 15.1. The Balaban J connectivity index is 1.51. The number of carbonyl (C=O) groups excluding carboxylic acids is 1. The molecule has 136 valence electrons. The smallest absolute Gasteiger partial charge is 0.225 e. The Morgan fingerprint density at radius 2 is 2.23 bits per heavy atom. The van der Waals surface area contributed by atoms with Crippen LogP contribution in [0.1, 0.15) is 23.6 Å². The Kier molecular flexibility index (Phi) is 5.66. The summed E-state index contributed by atoms with van der Waals surface area (Å²) in [6.45, 7) is 2.53. The van der Waals surface area contributed by atoms with E-state index in [0.717, 1.165) is 13.1 Å². The highest BCUT2D eigenvalue weighted by Gasteiger charge is 2.33. The molecule has 2 atom stereocenters. The molecule has 0 saturated carbocycles. The fourth-order valence-corrected chi connectivity index (χ4v) is 3.49. The summed E-state index contributed by atoms with van der Waals surface area (Å²) in [5.74, 6) is 0.305. The molecule has 0 spiro atoms. The van der Waals surface area contributed by atoms with Crippen LogP contribution in [0.3, 0.4) is 0 Å². The van der Waals surface area contributed by atoms with Crippen LogP contribution in [0.2, 0.25) is 0 Å². The number of hydrogen-bond donors (Lipinski definition) is 2. The predicted molar refractivity (Wildman–Crippen MR) is 99.6 cm³/mol. The first kappa shape index (κ1) is 18.1. The molecule has 7 nitrogen and oxygen atoms in total. The molecular weight excluding hydrogens is 328 g/mol. The van der Waals surface area contributed by atoms with E-state index in [9.17, 15) is 4.79 Å². The molecule has 26 heavy (non-hydrogen) atoms. The van der Waals surface area contributed by atoms with Crippen LogP contribution in [0.4, 0.5) is 5.69 Å². The van der Waals surface area contributed by atoms with Crippen molar-refractivity contribution in [3.05, 3.63) is 48.0 Å². The summed E-state index contributed by atoms with van der Waals surface area (Å²) in [7, 11) is 4.13. The third kappa shape index (κ3) is 4.28. The largest absolute Gasteiger partial charge is 0.337 e. The van der Waals surface area contributed by atoms with Crippen LogP contribution in [-0.2, 0) is 11.8 Å². The number of hydrogen-bond acceptors (Lipinski definition) is 5. The molecule has 3 rings (SSSR count). The minimum atomic E-state index is -0.0592. The van der Waals surface area contributed by atoms with Crippen LogP contribution in [0.25, 0.3) is 0 Å². The highest BCUT2D eigenvalue weighted by molar-refractivity contribution is 5.90. The van der Waals surface area contributed by atoms with Gasteiger partial charge in [0.25, 0.3) is 0 Å². The molecule has 1 aromatic heterocycles. The molecule has 2 N–H and O–H groups in total. The maximum atomic E-state index is 12.2. The van der Waals surface area contributed by atoms with E-state index < -0.39 is 0 Å². The number of nitrogens with zero attached hydrogens (tertiary/aromatic N) is 4. The summed E-state index contributed by atoms with van der Waals surface area (Å²) in [5.41, 5.74) is 2.40. The first-order valence-corrected chi connectivity index (χ1v) is 8.75. The van der Waals surface area contributed by atoms with Gasteiger partial charge in [0, 0.05) is 62.6 Å². The SMILES string of the molecule is CN1C[C@@H](NCCC(=O)Nc2cccc(C#N)c2)[C@H](c2cncn2C)C1. The van der Waals surface area contributed by atoms with Crippen molar-refractivity contribution >= 4 is 11.6 Å². The van der Waals surface area contributed by atoms with Gasteiger partial charge in [0.1, 0.15) is 0 Å². The molecule has 0 bridgehead atoms. The lowest BCUT2D eigenvalue weighted by Crippen LogP contribution is -2.37. The molecule has 1 saturated heterocycles. The number of likely N-dealkylation sites (tertiary alicyclic amines) is 1. The first-order valence-electron chi connectivity index (χ1n) is 8.75. The standard InChI is InChI=1S/C19H24N6O/c1-24-11-16(18-10-21-13-25(18)2)17(12-24)22-7-6-19(26)23-15-5-3-4-14(8-15)9-20/h3-5,8,10,13,16-17,22H,6-7,11-12H2,1-2H3,(H,23,26)/t16-,17-/m1/s1. The number of nitrogens with one attached hydrogen (secondary N) is 2. The van der Waals surface area contributed by atoms with Gasteiger partial charge < -0.3 is 20.1 Å². The number of likely N-dealkylation sites (N-methyl/N-ethyl adjacent to an activating group) is 1. The number of rotatable bonds is 6. The molecule has 1 aromatic carbocycles. The van der Waals surface area contributed by atoms with Crippen molar-refractivity contribution in [3.63, 3.8) is 0 Å². The zero-order chi connectivity index (χ0) is 18.5. The number of carbonyl (C=O) groups is 1. The van der Waals surface area contributed by atoms with E-state index in [2.05, 4.69) is 38.2 Å². The van der Waals surface area contributed by atoms with Crippen LogP contribution in [0.5, 0.6) is 0 Å². The van der Waals surface area contributed by atoms with Crippen molar-refractivity contribution in [2.24, 2.45) is 7.05 Å². The second kappa shape index (κ2) is 8.13. The van der Waals surface area contributed by atoms with E-state index in [0.29, 0.717) is 36.2 Å². The maximum absolute atomic E-state index is 12.2. The van der Waals surface area contributed by atoms with Gasteiger partial charge in [0.2, 0.25) is 5.91 Å². The molecule has 2 heterocycles. The average Bonchev–Trinajstić information content (AvgIpc) is 3.20. The lowest BCUT2D eigenvalue weighted by molar-refractivity contribution is -0.116. The maximum Gasteiger partial charge on any atom is 0.225 e. The lowest BCUT2D eigenvalue weighted by atomic mass is 10.00. The van der Waals surface area contributed by atoms with Crippen molar-refractivity contribution in [3.8, 4) is 6.07 Å². The van der Waals surface area contributed by atoms with Gasteiger partial charge >= 0.3 is 0 Å². The summed E-state index contributed by atoms with van der Waals surface area (Å²) in [6, 6.07) is 9.31. The van der Waals surface area contributed by atoms with Crippen LogP contribution in [-0.4, -0.2) is 53.1 Å². The van der Waals surface area contributed by atoms with Crippen molar-refractivity contribution < 1.29 is 4.79 Å². The van der Waals surface area contributed by atoms with Gasteiger partial charge in [-0.25, -0.2) is 4.98 Å². The van der Waals surface area contributed by atoms with Gasteiger partial charge in [0.05, 0.1) is 18.0 Å². The van der Waals surface area contributed by atoms with Gasteiger partial charge in [-0.1, -0.05) is 6.07 Å². The number of imidazole rings is 1. The summed E-state index contributed by atoms with van der Waals surface area (Å²) in [4.78, 5) is 18.7. The van der Waals surface area contributed by atoms with Gasteiger partial charge in [-0.15, -0.1) is 0 Å². The highest BCUT2D eigenvalue weighted by Crippen LogP contribution is 2.26. The third-order valence-electron chi connectivity index (χ3n) is 4.77. The molecule has 2 aromatic rings. The third-order valence-corrected chi connectivity index (χ3v) is 4.77. The number of nitriles is 1. The first-order chi connectivity index (χ1) is 12.6. The summed E-state index contributed by atoms with van der Waals surface area (Å²) in [5, 5.41) is 15.3. The lowest BCUT2D eigenvalue weighted by Gasteiger charge is -2.20. The van der Waals surface area contributed by atoms with Crippen LogP contribution in [0, 0.1) is 11.3 Å². The Morgan fingerprint density at radius 1 is 1.38 bits per heavy atom. The average molecular weight is 352 g/mol. The monoisotopic (exact) mass is 352 g/mol. The molecule has 0 unspecified atom stereocenters.